The summed E-state index contributed by atoms with van der Waals surface area (Å²) in [6.45, 7) is 2.54. The van der Waals surface area contributed by atoms with Gasteiger partial charge in [0.05, 0.1) is 0 Å². The van der Waals surface area contributed by atoms with E-state index in [2.05, 4.69) is 47.9 Å². The molecule has 2 amide bonds. The number of rotatable bonds is 4. The quantitative estimate of drug-likeness (QED) is 0.912. The Kier molecular flexibility index (Phi) is 4.42. The molecule has 23 heavy (non-hydrogen) atoms. The highest BCUT2D eigenvalue weighted by Crippen LogP contribution is 2.21. The van der Waals surface area contributed by atoms with Gasteiger partial charge in [0, 0.05) is 13.0 Å². The number of carbonyl (C=O) groups is 2. The second kappa shape index (κ2) is 6.65. The summed E-state index contributed by atoms with van der Waals surface area (Å²) in [6, 6.07) is 16.1. The molecule has 0 bridgehead atoms. The molecule has 2 N–H and O–H groups in total. The fourth-order valence-corrected chi connectivity index (χ4v) is 2.81. The smallest absolute Gasteiger partial charge is 0.242 e. The van der Waals surface area contributed by atoms with Crippen LogP contribution in [0.15, 0.2) is 48.5 Å². The van der Waals surface area contributed by atoms with E-state index in [-0.39, 0.29) is 17.9 Å². The average Bonchev–Trinajstić information content (AvgIpc) is 2.99. The van der Waals surface area contributed by atoms with Crippen molar-refractivity contribution in [2.45, 2.75) is 32.4 Å². The molecule has 0 radical (unpaired) electrons. The van der Waals surface area contributed by atoms with Crippen LogP contribution in [0.1, 0.15) is 24.0 Å². The standard InChI is InChI=1S/C19H20N2O2/c1-13-4-2-6-15(10-13)16-7-3-5-14(11-16)12-20-19(23)17-8-9-18(22)21-17/h2-7,10-11,17H,8-9,12H2,1H3,(H,20,23)(H,21,22). The van der Waals surface area contributed by atoms with Gasteiger partial charge >= 0.3 is 0 Å². The van der Waals surface area contributed by atoms with Gasteiger partial charge in [-0.05, 0) is 36.1 Å². The number of aryl methyl sites for hydroxylation is 1. The van der Waals surface area contributed by atoms with Gasteiger partial charge < -0.3 is 10.6 Å². The molecule has 4 heteroatoms. The van der Waals surface area contributed by atoms with Crippen LogP contribution in [0, 0.1) is 6.92 Å². The summed E-state index contributed by atoms with van der Waals surface area (Å²) in [5, 5.41) is 5.58. The van der Waals surface area contributed by atoms with Crippen molar-refractivity contribution in [2.24, 2.45) is 0 Å². The van der Waals surface area contributed by atoms with Gasteiger partial charge in [0.15, 0.2) is 0 Å². The van der Waals surface area contributed by atoms with E-state index in [4.69, 9.17) is 0 Å². The zero-order valence-corrected chi connectivity index (χ0v) is 13.1. The number of hydrogen-bond donors (Lipinski definition) is 2. The lowest BCUT2D eigenvalue weighted by molar-refractivity contribution is -0.125. The topological polar surface area (TPSA) is 58.2 Å². The van der Waals surface area contributed by atoms with Crippen molar-refractivity contribution in [2.75, 3.05) is 0 Å². The molecule has 1 unspecified atom stereocenters. The van der Waals surface area contributed by atoms with Gasteiger partial charge in [0.2, 0.25) is 11.8 Å². The van der Waals surface area contributed by atoms with Gasteiger partial charge in [-0.3, -0.25) is 9.59 Å². The van der Waals surface area contributed by atoms with E-state index in [1.807, 2.05) is 18.2 Å². The molecule has 0 aliphatic carbocycles. The van der Waals surface area contributed by atoms with Gasteiger partial charge in [0.1, 0.15) is 6.04 Å². The van der Waals surface area contributed by atoms with Crippen molar-refractivity contribution in [3.05, 3.63) is 59.7 Å². The summed E-state index contributed by atoms with van der Waals surface area (Å²) in [5.41, 5.74) is 4.57. The van der Waals surface area contributed by atoms with Crippen LogP contribution < -0.4 is 10.6 Å². The van der Waals surface area contributed by atoms with Crippen LogP contribution in [0.3, 0.4) is 0 Å². The zero-order valence-electron chi connectivity index (χ0n) is 13.1. The summed E-state index contributed by atoms with van der Waals surface area (Å²) < 4.78 is 0. The summed E-state index contributed by atoms with van der Waals surface area (Å²) in [6.07, 6.45) is 1.01. The largest absolute Gasteiger partial charge is 0.350 e. The first-order valence-electron chi connectivity index (χ1n) is 7.85. The minimum Gasteiger partial charge on any atom is -0.350 e. The van der Waals surface area contributed by atoms with Crippen molar-refractivity contribution < 1.29 is 9.59 Å². The lowest BCUT2D eigenvalue weighted by atomic mass is 10.0. The second-order valence-corrected chi connectivity index (χ2v) is 5.95. The fraction of sp³-hybridized carbons (Fsp3) is 0.263. The van der Waals surface area contributed by atoms with E-state index >= 15 is 0 Å². The van der Waals surface area contributed by atoms with Crippen LogP contribution in [0.25, 0.3) is 11.1 Å². The Morgan fingerprint density at radius 2 is 1.91 bits per heavy atom. The predicted molar refractivity (Wildman–Crippen MR) is 89.6 cm³/mol. The zero-order chi connectivity index (χ0) is 16.2. The summed E-state index contributed by atoms with van der Waals surface area (Å²) in [5.74, 6) is -0.164. The SMILES string of the molecule is Cc1cccc(-c2cccc(CNC(=O)C3CCC(=O)N3)c2)c1. The Balaban J connectivity index is 1.66. The van der Waals surface area contributed by atoms with Crippen molar-refractivity contribution in [3.8, 4) is 11.1 Å². The molecule has 1 heterocycles. The molecule has 0 aromatic heterocycles. The first-order chi connectivity index (χ1) is 11.1. The molecule has 1 aliphatic rings. The number of benzene rings is 2. The Morgan fingerprint density at radius 3 is 2.61 bits per heavy atom. The number of nitrogens with one attached hydrogen (secondary N) is 2. The van der Waals surface area contributed by atoms with E-state index in [1.54, 1.807) is 0 Å². The van der Waals surface area contributed by atoms with E-state index in [9.17, 15) is 9.59 Å². The van der Waals surface area contributed by atoms with Crippen LogP contribution in [0.4, 0.5) is 0 Å². The average molecular weight is 308 g/mol. The van der Waals surface area contributed by atoms with Gasteiger partial charge in [-0.25, -0.2) is 0 Å². The van der Waals surface area contributed by atoms with Crippen LogP contribution in [0.2, 0.25) is 0 Å². The van der Waals surface area contributed by atoms with Gasteiger partial charge in [0.25, 0.3) is 0 Å². The molecule has 3 rings (SSSR count). The second-order valence-electron chi connectivity index (χ2n) is 5.95. The molecule has 118 valence electrons. The summed E-state index contributed by atoms with van der Waals surface area (Å²) in [4.78, 5) is 23.2. The lowest BCUT2D eigenvalue weighted by Gasteiger charge is -2.12. The van der Waals surface area contributed by atoms with Crippen LogP contribution in [-0.2, 0) is 16.1 Å². The first kappa shape index (κ1) is 15.3. The maximum Gasteiger partial charge on any atom is 0.242 e. The van der Waals surface area contributed by atoms with E-state index in [1.165, 1.54) is 11.1 Å². The molecule has 0 spiro atoms. The maximum atomic E-state index is 12.0. The van der Waals surface area contributed by atoms with E-state index in [0.717, 1.165) is 11.1 Å². The molecule has 1 saturated heterocycles. The summed E-state index contributed by atoms with van der Waals surface area (Å²) >= 11 is 0. The van der Waals surface area contributed by atoms with Crippen molar-refractivity contribution in [3.63, 3.8) is 0 Å². The van der Waals surface area contributed by atoms with Crippen LogP contribution in [0.5, 0.6) is 0 Å². The molecule has 4 nitrogen and oxygen atoms in total. The van der Waals surface area contributed by atoms with E-state index < -0.39 is 0 Å². The summed E-state index contributed by atoms with van der Waals surface area (Å²) in [7, 11) is 0. The van der Waals surface area contributed by atoms with Crippen molar-refractivity contribution >= 4 is 11.8 Å². The molecule has 2 aromatic rings. The minimum atomic E-state index is -0.387. The first-order valence-corrected chi connectivity index (χ1v) is 7.85. The van der Waals surface area contributed by atoms with Gasteiger partial charge in [-0.1, -0.05) is 48.0 Å². The fourth-order valence-electron chi connectivity index (χ4n) is 2.81. The van der Waals surface area contributed by atoms with E-state index in [0.29, 0.717) is 19.4 Å². The lowest BCUT2D eigenvalue weighted by Crippen LogP contribution is -2.41. The third kappa shape index (κ3) is 3.77. The Hall–Kier alpha value is -2.62. The molecule has 1 atom stereocenters. The number of amides is 2. The third-order valence-corrected chi connectivity index (χ3v) is 4.06. The highest BCUT2D eigenvalue weighted by atomic mass is 16.2. The molecular formula is C19H20N2O2. The van der Waals surface area contributed by atoms with Gasteiger partial charge in [-0.15, -0.1) is 0 Å². The molecule has 1 aliphatic heterocycles. The number of hydrogen-bond acceptors (Lipinski definition) is 2. The normalized spacial score (nSPS) is 16.9. The van der Waals surface area contributed by atoms with Gasteiger partial charge in [-0.2, -0.15) is 0 Å². The number of carbonyl (C=O) groups excluding carboxylic acids is 2. The Morgan fingerprint density at radius 1 is 1.17 bits per heavy atom. The molecule has 1 fully saturated rings. The third-order valence-electron chi connectivity index (χ3n) is 4.06. The molecular weight excluding hydrogens is 288 g/mol. The van der Waals surface area contributed by atoms with Crippen LogP contribution >= 0.6 is 0 Å². The molecule has 2 aromatic carbocycles. The highest BCUT2D eigenvalue weighted by Gasteiger charge is 2.26. The predicted octanol–water partition coefficient (Wildman–Crippen LogP) is 2.56. The monoisotopic (exact) mass is 308 g/mol. The van der Waals surface area contributed by atoms with Crippen molar-refractivity contribution in [1.29, 1.82) is 0 Å². The maximum absolute atomic E-state index is 12.0. The molecule has 0 saturated carbocycles. The minimum absolute atomic E-state index is 0.0494. The van der Waals surface area contributed by atoms with Crippen LogP contribution in [-0.4, -0.2) is 17.9 Å². The van der Waals surface area contributed by atoms with Crippen molar-refractivity contribution in [1.82, 2.24) is 10.6 Å². The Labute approximate surface area is 135 Å². The Bertz CT molecular complexity index is 740. The highest BCUT2D eigenvalue weighted by molar-refractivity contribution is 5.90.